The first-order valence-electron chi connectivity index (χ1n) is 5.68. The Morgan fingerprint density at radius 1 is 1.16 bits per heavy atom. The van der Waals surface area contributed by atoms with E-state index in [0.29, 0.717) is 10.9 Å². The minimum atomic E-state index is 0.346. The summed E-state index contributed by atoms with van der Waals surface area (Å²) in [5.41, 5.74) is 2.89. The zero-order valence-corrected chi connectivity index (χ0v) is 12.9. The Balaban J connectivity index is 2.32. The predicted molar refractivity (Wildman–Crippen MR) is 83.3 cm³/mol. The van der Waals surface area contributed by atoms with Crippen molar-refractivity contribution in [3.05, 3.63) is 57.8 Å². The number of fused-ring (bicyclic) bond motifs is 1. The summed E-state index contributed by atoms with van der Waals surface area (Å²) in [5, 5.41) is 0.692. The van der Waals surface area contributed by atoms with Crippen molar-refractivity contribution >= 4 is 50.2 Å². The SMILES string of the molecule is ClCc1nc2cc(Br)ccc2n1-c1cccc(Cl)c1. The van der Waals surface area contributed by atoms with Crippen LogP contribution in [0.15, 0.2) is 46.9 Å². The van der Waals surface area contributed by atoms with Crippen LogP contribution in [0, 0.1) is 0 Å². The topological polar surface area (TPSA) is 17.8 Å². The number of nitrogens with zero attached hydrogens (tertiary/aromatic N) is 2. The predicted octanol–water partition coefficient (Wildman–Crippen LogP) is 5.18. The molecule has 0 aliphatic carbocycles. The molecule has 96 valence electrons. The molecule has 0 aliphatic rings. The quantitative estimate of drug-likeness (QED) is 0.579. The third-order valence-electron chi connectivity index (χ3n) is 2.87. The zero-order chi connectivity index (χ0) is 13.4. The van der Waals surface area contributed by atoms with Crippen LogP contribution in [0.2, 0.25) is 5.02 Å². The van der Waals surface area contributed by atoms with E-state index in [9.17, 15) is 0 Å². The summed E-state index contributed by atoms with van der Waals surface area (Å²) in [4.78, 5) is 4.56. The van der Waals surface area contributed by atoms with Crippen LogP contribution in [-0.2, 0) is 5.88 Å². The molecule has 0 aliphatic heterocycles. The smallest absolute Gasteiger partial charge is 0.129 e. The van der Waals surface area contributed by atoms with Crippen molar-refractivity contribution in [3.63, 3.8) is 0 Å². The fourth-order valence-corrected chi connectivity index (χ4v) is 2.81. The number of halogens is 3. The van der Waals surface area contributed by atoms with Crippen molar-refractivity contribution < 1.29 is 0 Å². The molecule has 0 radical (unpaired) electrons. The van der Waals surface area contributed by atoms with E-state index in [-0.39, 0.29) is 0 Å². The lowest BCUT2D eigenvalue weighted by atomic mass is 10.3. The zero-order valence-electron chi connectivity index (χ0n) is 9.78. The standard InChI is InChI=1S/C14H9BrCl2N2/c15-9-4-5-13-12(6-9)18-14(8-16)19(13)11-3-1-2-10(17)7-11/h1-7H,8H2. The molecule has 0 bridgehead atoms. The fraction of sp³-hybridized carbons (Fsp3) is 0.0714. The van der Waals surface area contributed by atoms with Crippen molar-refractivity contribution in [2.75, 3.05) is 0 Å². The molecule has 5 heteroatoms. The number of alkyl halides is 1. The largest absolute Gasteiger partial charge is 0.295 e. The van der Waals surface area contributed by atoms with E-state index in [1.807, 2.05) is 47.0 Å². The van der Waals surface area contributed by atoms with Crippen LogP contribution >= 0.6 is 39.1 Å². The Kier molecular flexibility index (Phi) is 3.52. The van der Waals surface area contributed by atoms with Gasteiger partial charge in [0.05, 0.1) is 16.9 Å². The summed E-state index contributed by atoms with van der Waals surface area (Å²) in [7, 11) is 0. The van der Waals surface area contributed by atoms with Crippen molar-refractivity contribution in [2.24, 2.45) is 0 Å². The van der Waals surface area contributed by atoms with Crippen molar-refractivity contribution in [1.82, 2.24) is 9.55 Å². The van der Waals surface area contributed by atoms with Crippen LogP contribution in [0.1, 0.15) is 5.82 Å². The lowest BCUT2D eigenvalue weighted by Crippen LogP contribution is -1.98. The van der Waals surface area contributed by atoms with Gasteiger partial charge >= 0.3 is 0 Å². The number of hydrogen-bond donors (Lipinski definition) is 0. The molecule has 2 aromatic carbocycles. The Bertz CT molecular complexity index is 752. The van der Waals surface area contributed by atoms with E-state index in [1.165, 1.54) is 0 Å². The van der Waals surface area contributed by atoms with Gasteiger partial charge in [-0.05, 0) is 36.4 Å². The molecule has 0 N–H and O–H groups in total. The van der Waals surface area contributed by atoms with Crippen LogP contribution in [-0.4, -0.2) is 9.55 Å². The fourth-order valence-electron chi connectivity index (χ4n) is 2.10. The van der Waals surface area contributed by atoms with E-state index in [1.54, 1.807) is 0 Å². The molecule has 19 heavy (non-hydrogen) atoms. The van der Waals surface area contributed by atoms with E-state index in [4.69, 9.17) is 23.2 Å². The number of aromatic nitrogens is 2. The first-order valence-corrected chi connectivity index (χ1v) is 7.38. The van der Waals surface area contributed by atoms with Gasteiger partial charge in [-0.3, -0.25) is 4.57 Å². The van der Waals surface area contributed by atoms with Gasteiger partial charge in [0, 0.05) is 15.2 Å². The maximum absolute atomic E-state index is 6.06. The first kappa shape index (κ1) is 13.0. The van der Waals surface area contributed by atoms with Gasteiger partial charge in [-0.1, -0.05) is 33.6 Å². The monoisotopic (exact) mass is 354 g/mol. The average molecular weight is 356 g/mol. The Morgan fingerprint density at radius 2 is 2.00 bits per heavy atom. The van der Waals surface area contributed by atoms with Gasteiger partial charge in [-0.15, -0.1) is 11.6 Å². The average Bonchev–Trinajstić information content (AvgIpc) is 2.76. The summed E-state index contributed by atoms with van der Waals surface area (Å²) in [6.07, 6.45) is 0. The van der Waals surface area contributed by atoms with E-state index in [0.717, 1.165) is 27.0 Å². The molecule has 1 aromatic heterocycles. The highest BCUT2D eigenvalue weighted by atomic mass is 79.9. The minimum Gasteiger partial charge on any atom is -0.295 e. The molecular formula is C14H9BrCl2N2. The maximum Gasteiger partial charge on any atom is 0.129 e. The van der Waals surface area contributed by atoms with Gasteiger partial charge in [0.2, 0.25) is 0 Å². The third kappa shape index (κ3) is 2.38. The van der Waals surface area contributed by atoms with E-state index < -0.39 is 0 Å². The molecule has 0 atom stereocenters. The van der Waals surface area contributed by atoms with E-state index >= 15 is 0 Å². The van der Waals surface area contributed by atoms with Crippen molar-refractivity contribution in [2.45, 2.75) is 5.88 Å². The lowest BCUT2D eigenvalue weighted by Gasteiger charge is -2.08. The Hall–Kier alpha value is -1.03. The molecule has 0 saturated carbocycles. The van der Waals surface area contributed by atoms with Crippen LogP contribution in [0.25, 0.3) is 16.7 Å². The minimum absolute atomic E-state index is 0.346. The van der Waals surface area contributed by atoms with Gasteiger partial charge in [0.1, 0.15) is 5.82 Å². The van der Waals surface area contributed by atoms with Gasteiger partial charge in [-0.2, -0.15) is 0 Å². The summed E-state index contributed by atoms with van der Waals surface area (Å²) in [6.45, 7) is 0. The number of benzene rings is 2. The van der Waals surface area contributed by atoms with Crippen molar-refractivity contribution in [1.29, 1.82) is 0 Å². The summed E-state index contributed by atoms with van der Waals surface area (Å²) >= 11 is 15.5. The number of imidazole rings is 1. The van der Waals surface area contributed by atoms with E-state index in [2.05, 4.69) is 20.9 Å². The second-order valence-electron chi connectivity index (χ2n) is 4.11. The molecule has 0 saturated heterocycles. The normalized spacial score (nSPS) is 11.1. The molecule has 0 spiro atoms. The van der Waals surface area contributed by atoms with Crippen LogP contribution < -0.4 is 0 Å². The van der Waals surface area contributed by atoms with Crippen LogP contribution in [0.4, 0.5) is 0 Å². The summed E-state index contributed by atoms with van der Waals surface area (Å²) < 4.78 is 3.03. The highest BCUT2D eigenvalue weighted by molar-refractivity contribution is 9.10. The summed E-state index contributed by atoms with van der Waals surface area (Å²) in [6, 6.07) is 13.6. The molecule has 0 unspecified atom stereocenters. The molecule has 0 amide bonds. The maximum atomic E-state index is 6.06. The highest BCUT2D eigenvalue weighted by Gasteiger charge is 2.12. The van der Waals surface area contributed by atoms with Gasteiger partial charge < -0.3 is 0 Å². The summed E-state index contributed by atoms with van der Waals surface area (Å²) in [5.74, 6) is 1.15. The molecule has 1 heterocycles. The molecule has 3 aromatic rings. The van der Waals surface area contributed by atoms with Gasteiger partial charge in [0.15, 0.2) is 0 Å². The molecule has 2 nitrogen and oxygen atoms in total. The van der Waals surface area contributed by atoms with Gasteiger partial charge in [0.25, 0.3) is 0 Å². The van der Waals surface area contributed by atoms with Crippen LogP contribution in [0.3, 0.4) is 0 Å². The first-order chi connectivity index (χ1) is 9.19. The second-order valence-corrected chi connectivity index (χ2v) is 5.73. The Morgan fingerprint density at radius 3 is 2.74 bits per heavy atom. The van der Waals surface area contributed by atoms with Crippen molar-refractivity contribution in [3.8, 4) is 5.69 Å². The molecule has 0 fully saturated rings. The third-order valence-corrected chi connectivity index (χ3v) is 3.84. The van der Waals surface area contributed by atoms with Crippen LogP contribution in [0.5, 0.6) is 0 Å². The lowest BCUT2D eigenvalue weighted by molar-refractivity contribution is 0.982. The molecule has 3 rings (SSSR count). The molecular weight excluding hydrogens is 347 g/mol. The second kappa shape index (κ2) is 5.16. The Labute approximate surface area is 129 Å². The number of rotatable bonds is 2. The highest BCUT2D eigenvalue weighted by Crippen LogP contribution is 2.26. The number of hydrogen-bond acceptors (Lipinski definition) is 1. The van der Waals surface area contributed by atoms with Gasteiger partial charge in [-0.25, -0.2) is 4.98 Å².